The highest BCUT2D eigenvalue weighted by Gasteiger charge is 2.09. The molecule has 0 aliphatic carbocycles. The lowest BCUT2D eigenvalue weighted by Crippen LogP contribution is -2.25. The Morgan fingerprint density at radius 2 is 2.53 bits per heavy atom. The summed E-state index contributed by atoms with van der Waals surface area (Å²) in [4.78, 5) is 11.6. The number of carbonyl (C=O) groups is 1. The fraction of sp³-hybridized carbons (Fsp3) is 0.500. The maximum atomic E-state index is 11.6. The molecule has 0 spiro atoms. The van der Waals surface area contributed by atoms with Crippen LogP contribution in [0.4, 0.5) is 0 Å². The Bertz CT molecular complexity index is 363. The van der Waals surface area contributed by atoms with Crippen LogP contribution >= 0.6 is 0 Å². The molecule has 0 radical (unpaired) electrons. The third-order valence-electron chi connectivity index (χ3n) is 1.97. The largest absolute Gasteiger partial charge is 0.502 e. The summed E-state index contributed by atoms with van der Waals surface area (Å²) in [5, 5.41) is 10.2. The lowest BCUT2D eigenvalue weighted by atomic mass is 10.4. The van der Waals surface area contributed by atoms with Crippen LogP contribution in [-0.2, 0) is 11.3 Å². The number of nitrogens with one attached hydrogen (secondary N) is 1. The molecule has 0 fully saturated rings. The van der Waals surface area contributed by atoms with Crippen LogP contribution in [0.2, 0.25) is 0 Å². The third-order valence-corrected chi connectivity index (χ3v) is 1.97. The Labute approximate surface area is 99.6 Å². The topological polar surface area (TPSA) is 95.1 Å². The minimum Gasteiger partial charge on any atom is -0.502 e. The molecule has 1 heterocycles. The van der Waals surface area contributed by atoms with Crippen molar-refractivity contribution in [3.05, 3.63) is 24.7 Å². The Kier molecular flexibility index (Phi) is 5.73. The molecule has 0 saturated heterocycles. The van der Waals surface area contributed by atoms with Crippen molar-refractivity contribution in [1.82, 2.24) is 20.3 Å². The van der Waals surface area contributed by atoms with Gasteiger partial charge in [-0.3, -0.25) is 9.48 Å². The van der Waals surface area contributed by atoms with E-state index in [1.54, 1.807) is 6.20 Å². The molecular formula is C10H17N5O2. The van der Waals surface area contributed by atoms with Gasteiger partial charge in [-0.15, -0.1) is 5.10 Å². The smallest absolute Gasteiger partial charge is 0.273 e. The number of amides is 1. The Morgan fingerprint density at radius 1 is 1.71 bits per heavy atom. The number of hydrogen-bond donors (Lipinski definition) is 2. The van der Waals surface area contributed by atoms with E-state index in [-0.39, 0.29) is 5.91 Å². The molecule has 0 saturated carbocycles. The van der Waals surface area contributed by atoms with Gasteiger partial charge in [-0.25, -0.2) is 0 Å². The van der Waals surface area contributed by atoms with Crippen molar-refractivity contribution >= 4 is 5.91 Å². The normalized spacial score (nSPS) is 9.94. The second-order valence-electron chi connectivity index (χ2n) is 3.30. The predicted molar refractivity (Wildman–Crippen MR) is 62.2 cm³/mol. The maximum absolute atomic E-state index is 11.6. The summed E-state index contributed by atoms with van der Waals surface area (Å²) < 4.78 is 6.46. The minimum absolute atomic E-state index is 0.244. The van der Waals surface area contributed by atoms with Gasteiger partial charge in [0.05, 0.1) is 25.6 Å². The Balaban J connectivity index is 2.28. The van der Waals surface area contributed by atoms with Gasteiger partial charge in [0.15, 0.2) is 5.69 Å². The van der Waals surface area contributed by atoms with E-state index in [0.717, 1.165) is 0 Å². The molecule has 0 unspecified atom stereocenters. The molecular weight excluding hydrogens is 222 g/mol. The van der Waals surface area contributed by atoms with Crippen molar-refractivity contribution in [2.45, 2.75) is 13.0 Å². The quantitative estimate of drug-likeness (QED) is 0.472. The highest BCUT2D eigenvalue weighted by atomic mass is 16.5. The van der Waals surface area contributed by atoms with Gasteiger partial charge in [-0.2, -0.15) is 0 Å². The number of rotatable bonds is 8. The fourth-order valence-corrected chi connectivity index (χ4v) is 1.18. The number of nitrogens with zero attached hydrogens (tertiary/aromatic N) is 3. The standard InChI is InChI=1S/C10H17N5O2/c1-2-17-7-3-5-12-10(16)9-8-15(6-4-11)14-13-9/h2,8H,1,3-7,11H2,(H,12,16). The first-order valence-corrected chi connectivity index (χ1v) is 5.39. The molecule has 7 nitrogen and oxygen atoms in total. The molecule has 1 aromatic heterocycles. The first-order valence-electron chi connectivity index (χ1n) is 5.39. The minimum atomic E-state index is -0.244. The van der Waals surface area contributed by atoms with E-state index in [9.17, 15) is 4.79 Å². The molecule has 0 bridgehead atoms. The van der Waals surface area contributed by atoms with Crippen molar-refractivity contribution in [2.24, 2.45) is 5.73 Å². The maximum Gasteiger partial charge on any atom is 0.273 e. The summed E-state index contributed by atoms with van der Waals surface area (Å²) in [5.41, 5.74) is 5.66. The average Bonchev–Trinajstić information content (AvgIpc) is 2.78. The molecule has 94 valence electrons. The zero-order valence-electron chi connectivity index (χ0n) is 9.63. The Hall–Kier alpha value is -1.89. The van der Waals surface area contributed by atoms with Crippen LogP contribution < -0.4 is 11.1 Å². The number of carbonyl (C=O) groups excluding carboxylic acids is 1. The summed E-state index contributed by atoms with van der Waals surface area (Å²) in [5.74, 6) is -0.244. The third kappa shape index (κ3) is 4.64. The molecule has 3 N–H and O–H groups in total. The van der Waals surface area contributed by atoms with Crippen LogP contribution in [0.15, 0.2) is 19.0 Å². The summed E-state index contributed by atoms with van der Waals surface area (Å²) in [6.07, 6.45) is 3.66. The SMILES string of the molecule is C=COCCCNC(=O)c1cn(CCN)nn1. The van der Waals surface area contributed by atoms with Gasteiger partial charge < -0.3 is 15.8 Å². The van der Waals surface area contributed by atoms with E-state index < -0.39 is 0 Å². The summed E-state index contributed by atoms with van der Waals surface area (Å²) in [7, 11) is 0. The second kappa shape index (κ2) is 7.39. The summed E-state index contributed by atoms with van der Waals surface area (Å²) in [6, 6.07) is 0. The van der Waals surface area contributed by atoms with Crippen LogP contribution in [0.5, 0.6) is 0 Å². The monoisotopic (exact) mass is 239 g/mol. The van der Waals surface area contributed by atoms with E-state index in [4.69, 9.17) is 10.5 Å². The van der Waals surface area contributed by atoms with Gasteiger partial charge in [0.25, 0.3) is 5.91 Å². The van der Waals surface area contributed by atoms with E-state index >= 15 is 0 Å². The molecule has 0 aliphatic rings. The molecule has 1 amide bonds. The fourth-order valence-electron chi connectivity index (χ4n) is 1.18. The number of aromatic nitrogens is 3. The van der Waals surface area contributed by atoms with E-state index in [1.807, 2.05) is 0 Å². The van der Waals surface area contributed by atoms with Crippen LogP contribution in [0.3, 0.4) is 0 Å². The predicted octanol–water partition coefficient (Wildman–Crippen LogP) is -0.483. The number of nitrogens with two attached hydrogens (primary N) is 1. The van der Waals surface area contributed by atoms with Gasteiger partial charge in [-0.05, 0) is 6.42 Å². The first-order chi connectivity index (χ1) is 8.27. The van der Waals surface area contributed by atoms with Crippen LogP contribution in [-0.4, -0.2) is 40.6 Å². The molecule has 17 heavy (non-hydrogen) atoms. The lowest BCUT2D eigenvalue weighted by Gasteiger charge is -2.02. The van der Waals surface area contributed by atoms with Gasteiger partial charge in [0, 0.05) is 13.1 Å². The molecule has 0 aliphatic heterocycles. The van der Waals surface area contributed by atoms with Crippen LogP contribution in [0, 0.1) is 0 Å². The molecule has 1 aromatic rings. The van der Waals surface area contributed by atoms with Gasteiger partial charge >= 0.3 is 0 Å². The number of ether oxygens (including phenoxy) is 1. The molecule has 0 aromatic carbocycles. The lowest BCUT2D eigenvalue weighted by molar-refractivity contribution is 0.0945. The highest BCUT2D eigenvalue weighted by Crippen LogP contribution is 1.93. The summed E-state index contributed by atoms with van der Waals surface area (Å²) >= 11 is 0. The van der Waals surface area contributed by atoms with Gasteiger partial charge in [0.2, 0.25) is 0 Å². The van der Waals surface area contributed by atoms with Gasteiger partial charge in [-0.1, -0.05) is 11.8 Å². The Morgan fingerprint density at radius 3 is 3.24 bits per heavy atom. The van der Waals surface area contributed by atoms with E-state index in [1.165, 1.54) is 10.9 Å². The zero-order chi connectivity index (χ0) is 12.5. The van der Waals surface area contributed by atoms with Crippen molar-refractivity contribution in [1.29, 1.82) is 0 Å². The number of hydrogen-bond acceptors (Lipinski definition) is 5. The van der Waals surface area contributed by atoms with Crippen molar-refractivity contribution in [3.63, 3.8) is 0 Å². The molecule has 7 heteroatoms. The van der Waals surface area contributed by atoms with Crippen molar-refractivity contribution < 1.29 is 9.53 Å². The molecule has 1 rings (SSSR count). The average molecular weight is 239 g/mol. The zero-order valence-corrected chi connectivity index (χ0v) is 9.63. The second-order valence-corrected chi connectivity index (χ2v) is 3.30. The van der Waals surface area contributed by atoms with E-state index in [0.29, 0.717) is 38.4 Å². The van der Waals surface area contributed by atoms with Gasteiger partial charge in [0.1, 0.15) is 0 Å². The van der Waals surface area contributed by atoms with Crippen LogP contribution in [0.1, 0.15) is 16.9 Å². The van der Waals surface area contributed by atoms with Crippen LogP contribution in [0.25, 0.3) is 0 Å². The van der Waals surface area contributed by atoms with E-state index in [2.05, 4.69) is 22.2 Å². The van der Waals surface area contributed by atoms with Crippen molar-refractivity contribution in [3.8, 4) is 0 Å². The summed E-state index contributed by atoms with van der Waals surface area (Å²) in [6.45, 7) is 5.49. The first kappa shape index (κ1) is 13.2. The van der Waals surface area contributed by atoms with Crippen molar-refractivity contribution in [2.75, 3.05) is 19.7 Å². The highest BCUT2D eigenvalue weighted by molar-refractivity contribution is 5.91. The molecule has 0 atom stereocenters.